The normalized spacial score (nSPS) is 11.7. The molecule has 0 aliphatic rings. The average Bonchev–Trinajstić information content (AvgIpc) is 3.14. The number of amides is 1. The molecule has 0 fully saturated rings. The third kappa shape index (κ3) is 4.24. The first-order valence-corrected chi connectivity index (χ1v) is 10.0. The molecule has 3 heterocycles. The molecule has 1 aromatic carbocycles. The molecule has 1 atom stereocenters. The van der Waals surface area contributed by atoms with Crippen LogP contribution in [0.2, 0.25) is 5.02 Å². The summed E-state index contributed by atoms with van der Waals surface area (Å²) in [5.74, 6) is -0.567. The van der Waals surface area contributed by atoms with Gasteiger partial charge < -0.3 is 10.1 Å². The predicted octanol–water partition coefficient (Wildman–Crippen LogP) is 4.40. The van der Waals surface area contributed by atoms with E-state index in [0.717, 1.165) is 0 Å². The summed E-state index contributed by atoms with van der Waals surface area (Å²) in [7, 11) is 0. The zero-order valence-corrected chi connectivity index (χ0v) is 17.7. The van der Waals surface area contributed by atoms with E-state index in [2.05, 4.69) is 21.4 Å². The highest BCUT2D eigenvalue weighted by Gasteiger charge is 2.22. The zero-order valence-electron chi connectivity index (χ0n) is 16.9. The van der Waals surface area contributed by atoms with Crippen LogP contribution in [-0.4, -0.2) is 20.3 Å². The number of aryl methyl sites for hydroxylation is 1. The molecular weight excluding hydrogens is 433 g/mol. The van der Waals surface area contributed by atoms with Gasteiger partial charge in [-0.25, -0.2) is 9.37 Å². The van der Waals surface area contributed by atoms with E-state index in [9.17, 15) is 14.4 Å². The molecule has 4 rings (SSSR count). The molecule has 0 spiro atoms. The van der Waals surface area contributed by atoms with Gasteiger partial charge in [-0.05, 0) is 48.9 Å². The number of aromatic nitrogens is 3. The molecule has 0 bridgehead atoms. The Hall–Kier alpha value is -3.96. The topological polar surface area (TPSA) is 92.3 Å². The smallest absolute Gasteiger partial charge is 0.271 e. The summed E-state index contributed by atoms with van der Waals surface area (Å²) in [4.78, 5) is 21.5. The maximum atomic E-state index is 13.8. The molecule has 1 N–H and O–H groups in total. The minimum Gasteiger partial charge on any atom is -0.483 e. The molecule has 32 heavy (non-hydrogen) atoms. The largest absolute Gasteiger partial charge is 0.483 e. The Bertz CT molecular complexity index is 1330. The molecule has 0 saturated carbocycles. The van der Waals surface area contributed by atoms with Gasteiger partial charge in [-0.3, -0.25) is 14.2 Å². The Labute approximate surface area is 188 Å². The summed E-state index contributed by atoms with van der Waals surface area (Å²) in [6, 6.07) is 14.1. The van der Waals surface area contributed by atoms with Crippen molar-refractivity contribution in [1.82, 2.24) is 19.7 Å². The van der Waals surface area contributed by atoms with Crippen LogP contribution in [0.4, 0.5) is 4.39 Å². The number of carbonyl (C=O) groups is 1. The van der Waals surface area contributed by atoms with Crippen LogP contribution >= 0.6 is 11.6 Å². The lowest BCUT2D eigenvalue weighted by atomic mass is 10.1. The van der Waals surface area contributed by atoms with E-state index >= 15 is 0 Å². The minimum absolute atomic E-state index is 0.0904. The number of halogens is 2. The van der Waals surface area contributed by atoms with Gasteiger partial charge in [0.2, 0.25) is 0 Å². The van der Waals surface area contributed by atoms with Crippen LogP contribution in [0.1, 0.15) is 33.5 Å². The van der Waals surface area contributed by atoms with Gasteiger partial charge in [-0.15, -0.1) is 0 Å². The summed E-state index contributed by atoms with van der Waals surface area (Å²) in [5, 5.41) is 12.8. The van der Waals surface area contributed by atoms with Crippen molar-refractivity contribution in [2.24, 2.45) is 0 Å². The van der Waals surface area contributed by atoms with Crippen molar-refractivity contribution in [3.63, 3.8) is 0 Å². The standard InChI is InChI=1S/C23H17ClFN5O2/c1-14-21(23(31)29-18(12-26)15-6-8-16(24)9-7-15)30-11-3-5-20(22(30)28-14)32-13-19-17(25)4-2-10-27-19/h2-11,18H,13H2,1H3,(H,29,31). The van der Waals surface area contributed by atoms with E-state index in [1.54, 1.807) is 53.9 Å². The second-order valence-corrected chi connectivity index (χ2v) is 7.36. The predicted molar refractivity (Wildman–Crippen MR) is 116 cm³/mol. The molecule has 0 saturated heterocycles. The first-order valence-electron chi connectivity index (χ1n) is 9.63. The lowest BCUT2D eigenvalue weighted by Gasteiger charge is -2.13. The number of nitrogens with one attached hydrogen (secondary N) is 1. The van der Waals surface area contributed by atoms with Crippen molar-refractivity contribution < 1.29 is 13.9 Å². The van der Waals surface area contributed by atoms with Crippen molar-refractivity contribution in [2.45, 2.75) is 19.6 Å². The third-order valence-corrected chi connectivity index (χ3v) is 5.06. The summed E-state index contributed by atoms with van der Waals surface area (Å²) < 4.78 is 21.2. The number of nitriles is 1. The van der Waals surface area contributed by atoms with Crippen LogP contribution in [0.5, 0.6) is 5.75 Å². The molecule has 9 heteroatoms. The molecule has 0 aliphatic carbocycles. The Balaban J connectivity index is 1.60. The van der Waals surface area contributed by atoms with Crippen LogP contribution in [0.15, 0.2) is 60.9 Å². The summed E-state index contributed by atoms with van der Waals surface area (Å²) in [6.07, 6.45) is 3.15. The van der Waals surface area contributed by atoms with Crippen LogP contribution < -0.4 is 10.1 Å². The number of hydrogen-bond donors (Lipinski definition) is 1. The minimum atomic E-state index is -0.865. The first kappa shape index (κ1) is 21.3. The monoisotopic (exact) mass is 449 g/mol. The number of fused-ring (bicyclic) bond motifs is 1. The molecule has 0 radical (unpaired) electrons. The van der Waals surface area contributed by atoms with Crippen molar-refractivity contribution >= 4 is 23.2 Å². The van der Waals surface area contributed by atoms with Crippen molar-refractivity contribution in [2.75, 3.05) is 0 Å². The number of ether oxygens (including phenoxy) is 1. The zero-order chi connectivity index (χ0) is 22.7. The van der Waals surface area contributed by atoms with E-state index in [4.69, 9.17) is 16.3 Å². The molecular formula is C23H17ClFN5O2. The Kier molecular flexibility index (Phi) is 6.01. The number of pyridine rings is 2. The summed E-state index contributed by atoms with van der Waals surface area (Å²) in [6.45, 7) is 1.60. The van der Waals surface area contributed by atoms with Crippen LogP contribution in [0.3, 0.4) is 0 Å². The molecule has 4 aromatic rings. The van der Waals surface area contributed by atoms with Gasteiger partial charge in [0.25, 0.3) is 5.91 Å². The van der Waals surface area contributed by atoms with Crippen molar-refractivity contribution in [1.29, 1.82) is 5.26 Å². The third-order valence-electron chi connectivity index (χ3n) is 4.81. The van der Waals surface area contributed by atoms with E-state index < -0.39 is 17.8 Å². The number of carbonyl (C=O) groups excluding carboxylic acids is 1. The van der Waals surface area contributed by atoms with E-state index in [1.165, 1.54) is 18.3 Å². The van der Waals surface area contributed by atoms with Crippen molar-refractivity contribution in [3.05, 3.63) is 94.4 Å². The lowest BCUT2D eigenvalue weighted by molar-refractivity contribution is 0.0938. The van der Waals surface area contributed by atoms with Crippen LogP contribution in [0.25, 0.3) is 5.65 Å². The summed E-state index contributed by atoms with van der Waals surface area (Å²) in [5.41, 5.74) is 1.89. The maximum absolute atomic E-state index is 13.8. The van der Waals surface area contributed by atoms with Gasteiger partial charge in [-0.2, -0.15) is 5.26 Å². The quantitative estimate of drug-likeness (QED) is 0.471. The Morgan fingerprint density at radius 1 is 1.28 bits per heavy atom. The second kappa shape index (κ2) is 9.04. The first-order chi connectivity index (χ1) is 15.5. The van der Waals surface area contributed by atoms with Gasteiger partial charge in [0.05, 0.1) is 11.8 Å². The van der Waals surface area contributed by atoms with Gasteiger partial charge >= 0.3 is 0 Å². The van der Waals surface area contributed by atoms with Crippen LogP contribution in [-0.2, 0) is 6.61 Å². The molecule has 1 unspecified atom stereocenters. The Morgan fingerprint density at radius 2 is 2.06 bits per heavy atom. The Morgan fingerprint density at radius 3 is 2.78 bits per heavy atom. The van der Waals surface area contributed by atoms with Gasteiger partial charge in [0.1, 0.15) is 29.9 Å². The summed E-state index contributed by atoms with van der Waals surface area (Å²) >= 11 is 5.90. The highest BCUT2D eigenvalue weighted by atomic mass is 35.5. The van der Waals surface area contributed by atoms with E-state index in [0.29, 0.717) is 27.7 Å². The fourth-order valence-corrected chi connectivity index (χ4v) is 3.38. The lowest BCUT2D eigenvalue weighted by Crippen LogP contribution is -2.29. The fraction of sp³-hybridized carbons (Fsp3) is 0.130. The second-order valence-electron chi connectivity index (χ2n) is 6.92. The number of hydrogen-bond acceptors (Lipinski definition) is 5. The molecule has 1 amide bonds. The molecule has 3 aromatic heterocycles. The molecule has 0 aliphatic heterocycles. The number of imidazole rings is 1. The molecule has 160 valence electrons. The van der Waals surface area contributed by atoms with Gasteiger partial charge in [-0.1, -0.05) is 23.7 Å². The number of nitrogens with zero attached hydrogens (tertiary/aromatic N) is 4. The van der Waals surface area contributed by atoms with Gasteiger partial charge in [0, 0.05) is 17.4 Å². The SMILES string of the molecule is Cc1nc2c(OCc3ncccc3F)cccn2c1C(=O)NC(C#N)c1ccc(Cl)cc1. The molecule has 7 nitrogen and oxygen atoms in total. The van der Waals surface area contributed by atoms with Crippen LogP contribution in [0, 0.1) is 24.1 Å². The van der Waals surface area contributed by atoms with E-state index in [-0.39, 0.29) is 18.0 Å². The maximum Gasteiger partial charge on any atom is 0.271 e. The number of benzene rings is 1. The number of rotatable bonds is 6. The van der Waals surface area contributed by atoms with E-state index in [1.807, 2.05) is 0 Å². The fourth-order valence-electron chi connectivity index (χ4n) is 3.26. The average molecular weight is 450 g/mol. The highest BCUT2D eigenvalue weighted by molar-refractivity contribution is 6.30. The van der Waals surface area contributed by atoms with Gasteiger partial charge in [0.15, 0.2) is 11.4 Å². The highest BCUT2D eigenvalue weighted by Crippen LogP contribution is 2.24. The van der Waals surface area contributed by atoms with Crippen molar-refractivity contribution in [3.8, 4) is 11.8 Å².